The van der Waals surface area contributed by atoms with Crippen molar-refractivity contribution >= 4 is 35.2 Å². The first kappa shape index (κ1) is 22.9. The lowest BCUT2D eigenvalue weighted by atomic mass is 10.0. The fraction of sp³-hybridized carbons (Fsp3) is 0.321. The van der Waals surface area contributed by atoms with Crippen LogP contribution in [0.25, 0.3) is 0 Å². The average molecular weight is 504 g/mol. The SMILES string of the molecule is COc1ccc(N2Cc3ccc(CN4[SH]C5=CC(=O)CC=C5C4=O)cc3C2=O)cc1OC1CCCC1. The van der Waals surface area contributed by atoms with Crippen molar-refractivity contribution in [1.29, 1.82) is 0 Å². The third-order valence-corrected chi connectivity index (χ3v) is 8.29. The molecule has 2 aromatic rings. The van der Waals surface area contributed by atoms with Gasteiger partial charge in [0.1, 0.15) is 0 Å². The molecule has 2 amide bonds. The van der Waals surface area contributed by atoms with Gasteiger partial charge in [-0.2, -0.15) is 0 Å². The molecule has 0 aromatic heterocycles. The molecular formula is C28H27N2O5S. The van der Waals surface area contributed by atoms with Crippen molar-refractivity contribution in [3.63, 3.8) is 0 Å². The van der Waals surface area contributed by atoms with Gasteiger partial charge in [0, 0.05) is 28.6 Å². The van der Waals surface area contributed by atoms with Crippen molar-refractivity contribution in [3.05, 3.63) is 75.7 Å². The standard InChI is InChI=1S/C28H27N2O5S/c1-34-24-11-8-19(13-25(24)35-21-4-2-3-5-21)29-16-18-7-6-17(12-23(18)27(29)32)15-30-28(33)22-10-9-20(31)14-26(22)36-30/h6-8,10-14,21,36H,2-5,9,15-16H2,1H3. The molecule has 6 rings (SSSR count). The minimum absolute atomic E-state index is 0.0226. The summed E-state index contributed by atoms with van der Waals surface area (Å²) in [6.45, 7) is 0.859. The summed E-state index contributed by atoms with van der Waals surface area (Å²) in [4.78, 5) is 40.4. The first-order valence-corrected chi connectivity index (χ1v) is 13.1. The molecule has 36 heavy (non-hydrogen) atoms. The van der Waals surface area contributed by atoms with Gasteiger partial charge in [0.25, 0.3) is 11.8 Å². The van der Waals surface area contributed by atoms with Gasteiger partial charge in [-0.3, -0.25) is 18.7 Å². The van der Waals surface area contributed by atoms with Crippen LogP contribution in [0.4, 0.5) is 5.69 Å². The first-order chi connectivity index (χ1) is 17.5. The second kappa shape index (κ2) is 9.17. The number of thiol groups is 1. The Bertz CT molecular complexity index is 1340. The molecule has 2 aliphatic heterocycles. The maximum absolute atomic E-state index is 13.4. The molecule has 4 aliphatic rings. The van der Waals surface area contributed by atoms with Crippen molar-refractivity contribution < 1.29 is 23.9 Å². The van der Waals surface area contributed by atoms with Gasteiger partial charge < -0.3 is 14.4 Å². The van der Waals surface area contributed by atoms with Crippen LogP contribution >= 0.6 is 11.9 Å². The van der Waals surface area contributed by atoms with Crippen molar-refractivity contribution in [2.24, 2.45) is 0 Å². The quantitative estimate of drug-likeness (QED) is 0.580. The molecule has 1 radical (unpaired) electrons. The van der Waals surface area contributed by atoms with Gasteiger partial charge in [-0.05, 0) is 61.1 Å². The normalized spacial score (nSPS) is 19.4. The van der Waals surface area contributed by atoms with E-state index in [0.29, 0.717) is 47.7 Å². The number of carbonyl (C=O) groups excluding carboxylic acids is 3. The Morgan fingerprint density at radius 3 is 2.64 bits per heavy atom. The molecule has 0 spiro atoms. The highest BCUT2D eigenvalue weighted by Crippen LogP contribution is 2.41. The lowest BCUT2D eigenvalue weighted by Crippen LogP contribution is -2.23. The number of nitrogens with zero attached hydrogens (tertiary/aromatic N) is 2. The number of amides is 2. The Kier molecular flexibility index (Phi) is 5.84. The lowest BCUT2D eigenvalue weighted by molar-refractivity contribution is -0.121. The highest BCUT2D eigenvalue weighted by Gasteiger charge is 2.34. The van der Waals surface area contributed by atoms with Crippen LogP contribution in [0.2, 0.25) is 0 Å². The Labute approximate surface area is 213 Å². The highest BCUT2D eigenvalue weighted by molar-refractivity contribution is 8.02. The number of allylic oxidation sites excluding steroid dienone is 2. The van der Waals surface area contributed by atoms with Gasteiger partial charge in [0.2, 0.25) is 0 Å². The van der Waals surface area contributed by atoms with Gasteiger partial charge >= 0.3 is 0 Å². The summed E-state index contributed by atoms with van der Waals surface area (Å²) in [5, 5.41) is 0. The second-order valence-corrected chi connectivity index (χ2v) is 10.7. The van der Waals surface area contributed by atoms with E-state index in [1.165, 1.54) is 12.8 Å². The van der Waals surface area contributed by atoms with Crippen molar-refractivity contribution in [2.75, 3.05) is 12.0 Å². The molecule has 7 nitrogen and oxygen atoms in total. The molecule has 0 atom stereocenters. The summed E-state index contributed by atoms with van der Waals surface area (Å²) < 4.78 is 13.4. The predicted octanol–water partition coefficient (Wildman–Crippen LogP) is 4.68. The van der Waals surface area contributed by atoms with E-state index >= 15 is 0 Å². The van der Waals surface area contributed by atoms with Crippen LogP contribution in [-0.4, -0.2) is 35.1 Å². The minimum Gasteiger partial charge on any atom is -0.493 e. The molecule has 185 valence electrons. The number of ketones is 1. The third-order valence-electron chi connectivity index (χ3n) is 7.14. The molecule has 0 unspecified atom stereocenters. The summed E-state index contributed by atoms with van der Waals surface area (Å²) in [6, 6.07) is 11.5. The number of ether oxygens (including phenoxy) is 2. The number of anilines is 1. The summed E-state index contributed by atoms with van der Waals surface area (Å²) in [5.74, 6) is 1.21. The van der Waals surface area contributed by atoms with Gasteiger partial charge in [-0.1, -0.05) is 30.2 Å². The number of methoxy groups -OCH3 is 1. The van der Waals surface area contributed by atoms with E-state index in [1.54, 1.807) is 28.5 Å². The zero-order chi connectivity index (χ0) is 24.8. The second-order valence-electron chi connectivity index (χ2n) is 9.52. The highest BCUT2D eigenvalue weighted by atomic mass is 32.2. The predicted molar refractivity (Wildman–Crippen MR) is 138 cm³/mol. The van der Waals surface area contributed by atoms with Gasteiger partial charge in [0.15, 0.2) is 17.3 Å². The summed E-state index contributed by atoms with van der Waals surface area (Å²) in [7, 11) is 1.62. The zero-order valence-corrected chi connectivity index (χ0v) is 20.9. The van der Waals surface area contributed by atoms with Crippen LogP contribution in [0.3, 0.4) is 0 Å². The van der Waals surface area contributed by atoms with Crippen molar-refractivity contribution in [2.45, 2.75) is 51.3 Å². The molecule has 0 bridgehead atoms. The van der Waals surface area contributed by atoms with Crippen LogP contribution in [-0.2, 0) is 22.7 Å². The maximum Gasteiger partial charge on any atom is 0.264 e. The third kappa shape index (κ3) is 4.09. The first-order valence-electron chi connectivity index (χ1n) is 12.3. The van der Waals surface area contributed by atoms with Gasteiger partial charge in [0.05, 0.1) is 31.9 Å². The topological polar surface area (TPSA) is 76.2 Å². The van der Waals surface area contributed by atoms with Crippen molar-refractivity contribution in [3.8, 4) is 11.5 Å². The molecule has 1 saturated heterocycles. The van der Waals surface area contributed by atoms with Crippen LogP contribution in [0.15, 0.2) is 59.0 Å². The molecule has 1 saturated carbocycles. The number of rotatable bonds is 6. The molecule has 8 heteroatoms. The van der Waals surface area contributed by atoms with Gasteiger partial charge in [-0.15, -0.1) is 0 Å². The molecule has 2 aromatic carbocycles. The zero-order valence-electron chi connectivity index (χ0n) is 20.0. The number of benzene rings is 2. The minimum atomic E-state index is -0.0723. The van der Waals surface area contributed by atoms with E-state index in [-0.39, 0.29) is 30.1 Å². The summed E-state index contributed by atoms with van der Waals surface area (Å²) >= 11 is 0.708. The number of fused-ring (bicyclic) bond motifs is 2. The van der Waals surface area contributed by atoms with Crippen LogP contribution in [0.1, 0.15) is 53.6 Å². The Hall–Kier alpha value is -3.52. The Balaban J connectivity index is 1.21. The Morgan fingerprint density at radius 1 is 1.00 bits per heavy atom. The van der Waals surface area contributed by atoms with Crippen molar-refractivity contribution in [1.82, 2.24) is 4.31 Å². The molecule has 0 N–H and O–H groups in total. The maximum atomic E-state index is 13.4. The van der Waals surface area contributed by atoms with Crippen LogP contribution in [0.5, 0.6) is 11.5 Å². The van der Waals surface area contributed by atoms with E-state index in [1.807, 2.05) is 36.4 Å². The van der Waals surface area contributed by atoms with E-state index in [4.69, 9.17) is 9.47 Å². The fourth-order valence-corrected chi connectivity index (χ4v) is 6.43. The fourth-order valence-electron chi connectivity index (χ4n) is 5.24. The summed E-state index contributed by atoms with van der Waals surface area (Å²) in [5.41, 5.74) is 3.88. The van der Waals surface area contributed by atoms with Gasteiger partial charge in [-0.25, -0.2) is 0 Å². The number of carbonyl (C=O) groups is 3. The monoisotopic (exact) mass is 503 g/mol. The largest absolute Gasteiger partial charge is 0.493 e. The smallest absolute Gasteiger partial charge is 0.264 e. The lowest BCUT2D eigenvalue weighted by Gasteiger charge is -2.20. The molecule has 2 heterocycles. The van der Waals surface area contributed by atoms with Crippen LogP contribution in [0, 0.1) is 0 Å². The van der Waals surface area contributed by atoms with E-state index in [2.05, 4.69) is 0 Å². The van der Waals surface area contributed by atoms with E-state index in [0.717, 1.165) is 34.6 Å². The molecule has 2 fully saturated rings. The number of hydrogen-bond donors (Lipinski definition) is 1. The average Bonchev–Trinajstić information content (AvgIpc) is 3.58. The summed E-state index contributed by atoms with van der Waals surface area (Å²) in [6.07, 6.45) is 8.16. The Morgan fingerprint density at radius 2 is 1.83 bits per heavy atom. The molecule has 2 aliphatic carbocycles. The van der Waals surface area contributed by atoms with E-state index < -0.39 is 0 Å². The van der Waals surface area contributed by atoms with E-state index in [9.17, 15) is 14.4 Å². The number of hydrogen-bond acceptors (Lipinski definition) is 5. The van der Waals surface area contributed by atoms with Crippen LogP contribution < -0.4 is 14.4 Å². The molecular weight excluding hydrogens is 476 g/mol.